The van der Waals surface area contributed by atoms with Crippen LogP contribution in [0, 0.1) is 19.8 Å². The lowest BCUT2D eigenvalue weighted by Crippen LogP contribution is -2.31. The SMILES string of the molecule is [2H]c1cc2cc(CC(C)C)ccc2c(-c2cc(C(C)(C)C)cc(C)c2C)[n+]1C. The van der Waals surface area contributed by atoms with Gasteiger partial charge in [-0.2, -0.15) is 0 Å². The third-order valence-corrected chi connectivity index (χ3v) is 5.55. The zero-order valence-electron chi connectivity index (χ0n) is 19.2. The largest absolute Gasteiger partial charge is 0.220 e. The fraction of sp³-hybridized carbons (Fsp3) is 0.423. The quantitative estimate of drug-likeness (QED) is 0.472. The molecule has 0 N–H and O–H groups in total. The molecule has 3 rings (SSSR count). The monoisotopic (exact) mass is 361 g/mol. The number of pyridine rings is 1. The molecule has 0 spiro atoms. The number of fused-ring (bicyclic) bond motifs is 1. The minimum Gasteiger partial charge on any atom is -0.200 e. The molecule has 0 saturated heterocycles. The number of hydrogen-bond donors (Lipinski definition) is 0. The van der Waals surface area contributed by atoms with Gasteiger partial charge in [0.05, 0.1) is 10.9 Å². The van der Waals surface area contributed by atoms with Crippen molar-refractivity contribution in [2.24, 2.45) is 13.0 Å². The fourth-order valence-electron chi connectivity index (χ4n) is 3.82. The van der Waals surface area contributed by atoms with E-state index in [0.29, 0.717) is 12.1 Å². The van der Waals surface area contributed by atoms with Gasteiger partial charge in [-0.1, -0.05) is 52.8 Å². The third-order valence-electron chi connectivity index (χ3n) is 5.55. The maximum atomic E-state index is 8.57. The highest BCUT2D eigenvalue weighted by atomic mass is 14.9. The van der Waals surface area contributed by atoms with E-state index in [9.17, 15) is 0 Å². The highest BCUT2D eigenvalue weighted by Gasteiger charge is 2.22. The van der Waals surface area contributed by atoms with Crippen LogP contribution in [-0.2, 0) is 18.9 Å². The van der Waals surface area contributed by atoms with Gasteiger partial charge in [0, 0.05) is 6.07 Å². The maximum absolute atomic E-state index is 8.57. The molecule has 1 aromatic heterocycles. The average Bonchev–Trinajstić information content (AvgIpc) is 2.57. The minimum atomic E-state index is 0.0879. The molecule has 0 fully saturated rings. The van der Waals surface area contributed by atoms with E-state index in [1.807, 2.05) is 17.7 Å². The van der Waals surface area contributed by atoms with Gasteiger partial charge in [-0.3, -0.25) is 0 Å². The Hall–Kier alpha value is -2.15. The predicted molar refractivity (Wildman–Crippen MR) is 117 cm³/mol. The van der Waals surface area contributed by atoms with E-state index in [-0.39, 0.29) is 5.41 Å². The molecule has 1 nitrogen and oxygen atoms in total. The van der Waals surface area contributed by atoms with Gasteiger partial charge in [-0.05, 0) is 71.4 Å². The lowest BCUT2D eigenvalue weighted by atomic mass is 9.82. The Morgan fingerprint density at radius 2 is 1.74 bits per heavy atom. The molecule has 0 aliphatic carbocycles. The topological polar surface area (TPSA) is 3.88 Å². The van der Waals surface area contributed by atoms with Crippen LogP contribution >= 0.6 is 0 Å². The normalized spacial score (nSPS) is 12.7. The molecule has 3 aromatic rings. The highest BCUT2D eigenvalue weighted by molar-refractivity contribution is 5.94. The van der Waals surface area contributed by atoms with Gasteiger partial charge in [-0.25, -0.2) is 4.57 Å². The van der Waals surface area contributed by atoms with E-state index in [1.165, 1.54) is 33.2 Å². The molecule has 0 aliphatic heterocycles. The molecule has 27 heavy (non-hydrogen) atoms. The first-order valence-corrected chi connectivity index (χ1v) is 10.0. The van der Waals surface area contributed by atoms with E-state index in [0.717, 1.165) is 17.5 Å². The molecule has 0 aliphatic rings. The van der Waals surface area contributed by atoms with E-state index in [4.69, 9.17) is 1.37 Å². The minimum absolute atomic E-state index is 0.0879. The molecule has 1 heterocycles. The summed E-state index contributed by atoms with van der Waals surface area (Å²) in [5.74, 6) is 0.626. The van der Waals surface area contributed by atoms with Crippen molar-refractivity contribution in [2.45, 2.75) is 60.3 Å². The second-order valence-electron chi connectivity index (χ2n) is 9.42. The summed E-state index contributed by atoms with van der Waals surface area (Å²) in [5.41, 5.74) is 7.76. The Labute approximate surface area is 166 Å². The van der Waals surface area contributed by atoms with Crippen LogP contribution < -0.4 is 4.57 Å². The van der Waals surface area contributed by atoms with Gasteiger partial charge in [0.15, 0.2) is 6.17 Å². The van der Waals surface area contributed by atoms with Crippen molar-refractivity contribution in [1.82, 2.24) is 0 Å². The van der Waals surface area contributed by atoms with Crippen LogP contribution in [0.1, 0.15) is 58.2 Å². The van der Waals surface area contributed by atoms with Crippen LogP contribution in [-0.4, -0.2) is 0 Å². The van der Waals surface area contributed by atoms with E-state index in [1.54, 1.807) is 0 Å². The molecule has 0 atom stereocenters. The Kier molecular flexibility index (Phi) is 4.80. The summed E-state index contributed by atoms with van der Waals surface area (Å²) in [6.45, 7) is 15.7. The van der Waals surface area contributed by atoms with Crippen molar-refractivity contribution in [3.63, 3.8) is 0 Å². The fourth-order valence-corrected chi connectivity index (χ4v) is 3.82. The Morgan fingerprint density at radius 3 is 2.37 bits per heavy atom. The first-order chi connectivity index (χ1) is 13.0. The first kappa shape index (κ1) is 18.2. The summed E-state index contributed by atoms with van der Waals surface area (Å²) in [5, 5.41) is 2.38. The summed E-state index contributed by atoms with van der Waals surface area (Å²) >= 11 is 0. The van der Waals surface area contributed by atoms with Crippen molar-refractivity contribution in [3.05, 3.63) is 64.8 Å². The lowest BCUT2D eigenvalue weighted by Gasteiger charge is -2.22. The summed E-state index contributed by atoms with van der Waals surface area (Å²) in [6.07, 6.45) is 1.61. The molecule has 2 aromatic carbocycles. The van der Waals surface area contributed by atoms with E-state index < -0.39 is 0 Å². The van der Waals surface area contributed by atoms with Gasteiger partial charge in [-0.15, -0.1) is 0 Å². The number of nitrogens with zero attached hydrogens (tertiary/aromatic N) is 1. The van der Waals surface area contributed by atoms with Crippen LogP contribution in [0.25, 0.3) is 22.0 Å². The van der Waals surface area contributed by atoms with Crippen molar-refractivity contribution in [1.29, 1.82) is 0 Å². The van der Waals surface area contributed by atoms with Crippen molar-refractivity contribution in [3.8, 4) is 11.3 Å². The van der Waals surface area contributed by atoms with Crippen LogP contribution in [0.5, 0.6) is 0 Å². The molecule has 1 heteroatoms. The van der Waals surface area contributed by atoms with Gasteiger partial charge in [0.1, 0.15) is 8.42 Å². The van der Waals surface area contributed by atoms with Gasteiger partial charge < -0.3 is 0 Å². The lowest BCUT2D eigenvalue weighted by molar-refractivity contribution is -0.659. The van der Waals surface area contributed by atoms with Crippen LogP contribution in [0.4, 0.5) is 0 Å². The average molecular weight is 362 g/mol. The standard InChI is InChI=1S/C26H34N/c1-17(2)13-20-9-10-23-21(15-20)11-12-27(8)25(23)24-16-22(26(5,6)7)14-18(3)19(24)4/h9-12,14-17H,13H2,1-8H3/q+1/i12D. The summed E-state index contributed by atoms with van der Waals surface area (Å²) in [6, 6.07) is 13.4. The molecular formula is C26H34N+. The van der Waals surface area contributed by atoms with Crippen molar-refractivity contribution >= 4 is 10.8 Å². The molecule has 142 valence electrons. The molecule has 0 bridgehead atoms. The summed E-state index contributed by atoms with van der Waals surface area (Å²) in [4.78, 5) is 0. The van der Waals surface area contributed by atoms with Crippen LogP contribution in [0.2, 0.25) is 0 Å². The number of aryl methyl sites for hydroxylation is 1. The Bertz CT molecular complexity index is 1040. The van der Waals surface area contributed by atoms with E-state index >= 15 is 0 Å². The molecule has 0 radical (unpaired) electrons. The zero-order chi connectivity index (χ0) is 20.8. The Balaban J connectivity index is 2.34. The maximum Gasteiger partial charge on any atom is 0.220 e. The van der Waals surface area contributed by atoms with Gasteiger partial charge in [0.2, 0.25) is 5.69 Å². The van der Waals surface area contributed by atoms with Crippen molar-refractivity contribution in [2.75, 3.05) is 0 Å². The number of aromatic nitrogens is 1. The highest BCUT2D eigenvalue weighted by Crippen LogP contribution is 2.34. The number of rotatable bonds is 3. The first-order valence-electron chi connectivity index (χ1n) is 10.5. The van der Waals surface area contributed by atoms with Crippen LogP contribution in [0.15, 0.2) is 42.6 Å². The molecule has 0 saturated carbocycles. The zero-order valence-corrected chi connectivity index (χ0v) is 18.2. The van der Waals surface area contributed by atoms with Gasteiger partial charge in [0.25, 0.3) is 0 Å². The Morgan fingerprint density at radius 1 is 1.04 bits per heavy atom. The van der Waals surface area contributed by atoms with E-state index in [2.05, 4.69) is 78.8 Å². The second kappa shape index (κ2) is 7.11. The molecule has 0 unspecified atom stereocenters. The van der Waals surface area contributed by atoms with Gasteiger partial charge >= 0.3 is 0 Å². The molecule has 0 amide bonds. The molecular weight excluding hydrogens is 326 g/mol. The smallest absolute Gasteiger partial charge is 0.200 e. The predicted octanol–water partition coefficient (Wildman–Crippen LogP) is 6.44. The van der Waals surface area contributed by atoms with Crippen LogP contribution in [0.3, 0.4) is 0 Å². The number of hydrogen-bond acceptors (Lipinski definition) is 0. The summed E-state index contributed by atoms with van der Waals surface area (Å²) in [7, 11) is 2.01. The summed E-state index contributed by atoms with van der Waals surface area (Å²) < 4.78 is 10.6. The third kappa shape index (κ3) is 3.93. The second-order valence-corrected chi connectivity index (χ2v) is 9.42. The number of benzene rings is 2. The van der Waals surface area contributed by atoms with Crippen molar-refractivity contribution < 1.29 is 5.94 Å².